The van der Waals surface area contributed by atoms with Crippen LogP contribution in [0.1, 0.15) is 50.2 Å². The van der Waals surface area contributed by atoms with Crippen LogP contribution in [0.15, 0.2) is 42.5 Å². The number of aryl methyl sites for hydroxylation is 1. The smallest absolute Gasteiger partial charge is 0.406 e. The number of carbonyl (C=O) groups excluding carboxylic acids is 2. The molecule has 4 N–H and O–H groups in total. The number of piperidine rings is 1. The first-order valence-electron chi connectivity index (χ1n) is 12.7. The van der Waals surface area contributed by atoms with Crippen LogP contribution in [0.2, 0.25) is 0 Å². The van der Waals surface area contributed by atoms with Crippen LogP contribution in [0.25, 0.3) is 11.1 Å². The Morgan fingerprint density at radius 3 is 2.78 bits per heavy atom. The number of hydrogen-bond donors (Lipinski definition) is 3. The van der Waals surface area contributed by atoms with Crippen LogP contribution >= 0.6 is 0 Å². The molecule has 1 aliphatic heterocycles. The number of carbonyl (C=O) groups is 2. The molecule has 36 heavy (non-hydrogen) atoms. The van der Waals surface area contributed by atoms with E-state index in [-0.39, 0.29) is 31.2 Å². The quantitative estimate of drug-likeness (QED) is 0.429. The summed E-state index contributed by atoms with van der Waals surface area (Å²) < 4.78 is 20.1. The van der Waals surface area contributed by atoms with Crippen LogP contribution < -0.4 is 11.1 Å². The van der Waals surface area contributed by atoms with Gasteiger partial charge in [0.05, 0.1) is 12.7 Å². The second-order valence-corrected chi connectivity index (χ2v) is 9.38. The number of aliphatic hydroxyl groups is 1. The van der Waals surface area contributed by atoms with Crippen molar-refractivity contribution in [1.82, 2.24) is 10.2 Å². The summed E-state index contributed by atoms with van der Waals surface area (Å²) in [4.78, 5) is 25.9. The second kappa shape index (κ2) is 12.8. The molecule has 0 aromatic heterocycles. The summed E-state index contributed by atoms with van der Waals surface area (Å²) in [6.45, 7) is 3.59. The van der Waals surface area contributed by atoms with Gasteiger partial charge in [-0.15, -0.1) is 0 Å². The van der Waals surface area contributed by atoms with Gasteiger partial charge in [0.25, 0.3) is 0 Å². The molecule has 1 fully saturated rings. The predicted molar refractivity (Wildman–Crippen MR) is 138 cm³/mol. The lowest BCUT2D eigenvalue weighted by atomic mass is 9.72. The summed E-state index contributed by atoms with van der Waals surface area (Å²) in [5.41, 5.74) is 6.85. The molecule has 8 heteroatoms. The zero-order chi connectivity index (χ0) is 26.1. The molecule has 2 amide bonds. The SMILES string of the molecule is CCc1cccc(-c2c(F)cccc2C(O)(CCCNC(=O)OC)C2CCCN(C(=O)CCN)C2)c1. The van der Waals surface area contributed by atoms with E-state index in [0.29, 0.717) is 49.2 Å². The van der Waals surface area contributed by atoms with Crippen LogP contribution in [-0.4, -0.2) is 55.3 Å². The third kappa shape index (κ3) is 6.42. The van der Waals surface area contributed by atoms with Gasteiger partial charge in [0.1, 0.15) is 5.82 Å². The lowest BCUT2D eigenvalue weighted by Gasteiger charge is -2.43. The Kier molecular flexibility index (Phi) is 9.84. The summed E-state index contributed by atoms with van der Waals surface area (Å²) in [7, 11) is 1.30. The van der Waals surface area contributed by atoms with E-state index in [1.54, 1.807) is 17.0 Å². The highest BCUT2D eigenvalue weighted by molar-refractivity contribution is 5.76. The molecule has 0 bridgehead atoms. The fourth-order valence-electron chi connectivity index (χ4n) is 5.18. The number of methoxy groups -OCH3 is 1. The minimum Gasteiger partial charge on any atom is -0.453 e. The Hall–Kier alpha value is -2.97. The summed E-state index contributed by atoms with van der Waals surface area (Å²) in [5, 5.41) is 15.0. The van der Waals surface area contributed by atoms with E-state index < -0.39 is 17.5 Å². The number of alkyl carbamates (subject to hydrolysis) is 1. The Balaban J connectivity index is 2.03. The van der Waals surface area contributed by atoms with Gasteiger partial charge in [-0.25, -0.2) is 9.18 Å². The zero-order valence-electron chi connectivity index (χ0n) is 21.3. The van der Waals surface area contributed by atoms with Crippen molar-refractivity contribution in [3.63, 3.8) is 0 Å². The van der Waals surface area contributed by atoms with E-state index in [4.69, 9.17) is 5.73 Å². The third-order valence-corrected chi connectivity index (χ3v) is 7.10. The van der Waals surface area contributed by atoms with E-state index in [1.807, 2.05) is 31.2 Å². The molecule has 0 saturated carbocycles. The average molecular weight is 500 g/mol. The van der Waals surface area contributed by atoms with Gasteiger partial charge >= 0.3 is 6.09 Å². The lowest BCUT2D eigenvalue weighted by molar-refractivity contribution is -0.136. The fourth-order valence-corrected chi connectivity index (χ4v) is 5.18. The highest BCUT2D eigenvalue weighted by Gasteiger charge is 2.43. The number of nitrogens with zero attached hydrogens (tertiary/aromatic N) is 1. The van der Waals surface area contributed by atoms with Crippen LogP contribution in [0, 0.1) is 11.7 Å². The van der Waals surface area contributed by atoms with Crippen molar-refractivity contribution in [3.8, 4) is 11.1 Å². The molecule has 7 nitrogen and oxygen atoms in total. The van der Waals surface area contributed by atoms with Crippen LogP contribution in [-0.2, 0) is 21.6 Å². The monoisotopic (exact) mass is 499 g/mol. The number of rotatable bonds is 10. The highest BCUT2D eigenvalue weighted by atomic mass is 19.1. The van der Waals surface area contributed by atoms with Crippen molar-refractivity contribution >= 4 is 12.0 Å². The predicted octanol–water partition coefficient (Wildman–Crippen LogP) is 3.97. The lowest BCUT2D eigenvalue weighted by Crippen LogP contribution is -2.49. The largest absolute Gasteiger partial charge is 0.453 e. The van der Waals surface area contributed by atoms with E-state index in [1.165, 1.54) is 13.2 Å². The molecule has 0 spiro atoms. The van der Waals surface area contributed by atoms with Crippen LogP contribution in [0.5, 0.6) is 0 Å². The van der Waals surface area contributed by atoms with Crippen molar-refractivity contribution in [2.24, 2.45) is 11.7 Å². The minimum absolute atomic E-state index is 0.0352. The van der Waals surface area contributed by atoms with Gasteiger partial charge < -0.3 is 25.8 Å². The average Bonchev–Trinajstić information content (AvgIpc) is 2.90. The standard InChI is InChI=1S/C28H38FN3O4/c1-3-20-8-4-9-21(18-20)26-23(11-5-12-24(26)29)28(35,14-7-16-31-27(34)36-2)22-10-6-17-32(19-22)25(33)13-15-30/h4-5,8-9,11-12,18,22,35H,3,6-7,10,13-17,19,30H2,1-2H3,(H,31,34). The first-order chi connectivity index (χ1) is 17.3. The van der Waals surface area contributed by atoms with Gasteiger partial charge in [-0.2, -0.15) is 0 Å². The maximum Gasteiger partial charge on any atom is 0.406 e. The molecule has 2 aromatic rings. The van der Waals surface area contributed by atoms with E-state index in [9.17, 15) is 14.7 Å². The summed E-state index contributed by atoms with van der Waals surface area (Å²) in [6, 6.07) is 12.5. The number of ether oxygens (including phenoxy) is 1. The van der Waals surface area contributed by atoms with E-state index >= 15 is 4.39 Å². The molecule has 2 atom stereocenters. The van der Waals surface area contributed by atoms with E-state index in [2.05, 4.69) is 10.1 Å². The molecule has 1 aliphatic rings. The van der Waals surface area contributed by atoms with Gasteiger partial charge in [-0.05, 0) is 54.9 Å². The molecule has 1 heterocycles. The molecule has 2 unspecified atom stereocenters. The summed E-state index contributed by atoms with van der Waals surface area (Å²) in [6.07, 6.45) is 2.68. The number of benzene rings is 2. The molecule has 1 saturated heterocycles. The number of nitrogens with two attached hydrogens (primary N) is 1. The van der Waals surface area contributed by atoms with Crippen molar-refractivity contribution in [2.45, 2.75) is 51.0 Å². The van der Waals surface area contributed by atoms with Crippen LogP contribution in [0.3, 0.4) is 0 Å². The van der Waals surface area contributed by atoms with Gasteiger partial charge in [-0.3, -0.25) is 4.79 Å². The number of halogens is 1. The third-order valence-electron chi connectivity index (χ3n) is 7.10. The number of hydrogen-bond acceptors (Lipinski definition) is 5. The maximum absolute atomic E-state index is 15.5. The van der Waals surface area contributed by atoms with Crippen molar-refractivity contribution in [3.05, 3.63) is 59.4 Å². The second-order valence-electron chi connectivity index (χ2n) is 9.38. The molecule has 3 rings (SSSR count). The zero-order valence-corrected chi connectivity index (χ0v) is 21.3. The van der Waals surface area contributed by atoms with Crippen molar-refractivity contribution < 1.29 is 23.8 Å². The maximum atomic E-state index is 15.5. The first kappa shape index (κ1) is 27.6. The Bertz CT molecular complexity index is 1050. The van der Waals surface area contributed by atoms with Crippen molar-refractivity contribution in [1.29, 1.82) is 0 Å². The van der Waals surface area contributed by atoms with Gasteiger partial charge in [-0.1, -0.05) is 43.3 Å². The van der Waals surface area contributed by atoms with E-state index in [0.717, 1.165) is 18.4 Å². The van der Waals surface area contributed by atoms with Crippen LogP contribution in [0.4, 0.5) is 9.18 Å². The molecular weight excluding hydrogens is 461 g/mol. The first-order valence-corrected chi connectivity index (χ1v) is 12.7. The van der Waals surface area contributed by atoms with Gasteiger partial charge in [0.15, 0.2) is 0 Å². The Labute approximate surface area is 212 Å². The Morgan fingerprint density at radius 1 is 1.28 bits per heavy atom. The molecule has 196 valence electrons. The number of nitrogens with one attached hydrogen (secondary N) is 1. The summed E-state index contributed by atoms with van der Waals surface area (Å²) >= 11 is 0. The molecular formula is C28H38FN3O4. The highest BCUT2D eigenvalue weighted by Crippen LogP contribution is 2.44. The van der Waals surface area contributed by atoms with Gasteiger partial charge in [0.2, 0.25) is 5.91 Å². The van der Waals surface area contributed by atoms with Gasteiger partial charge in [0, 0.05) is 44.1 Å². The molecule has 0 radical (unpaired) electrons. The molecule has 2 aromatic carbocycles. The Morgan fingerprint density at radius 2 is 2.06 bits per heavy atom. The summed E-state index contributed by atoms with van der Waals surface area (Å²) in [5.74, 6) is -0.744. The van der Waals surface area contributed by atoms with Crippen molar-refractivity contribution in [2.75, 3.05) is 33.3 Å². The number of amides is 2. The normalized spacial score (nSPS) is 17.4. The number of likely N-dealkylation sites (tertiary alicyclic amines) is 1. The fraction of sp³-hybridized carbons (Fsp3) is 0.500. The molecule has 0 aliphatic carbocycles. The minimum atomic E-state index is -1.42. The topological polar surface area (TPSA) is 105 Å².